The second-order valence-corrected chi connectivity index (χ2v) is 6.82. The van der Waals surface area contributed by atoms with Gasteiger partial charge in [0.15, 0.2) is 6.10 Å². The molecule has 29 heavy (non-hydrogen) atoms. The topological polar surface area (TPSA) is 72.9 Å². The van der Waals surface area contributed by atoms with Crippen molar-refractivity contribution in [2.75, 3.05) is 7.11 Å². The van der Waals surface area contributed by atoms with E-state index in [0.717, 1.165) is 11.1 Å². The maximum absolute atomic E-state index is 12.6. The summed E-state index contributed by atoms with van der Waals surface area (Å²) in [7, 11) is 1.55. The summed E-state index contributed by atoms with van der Waals surface area (Å²) >= 11 is 0. The van der Waals surface area contributed by atoms with Crippen molar-refractivity contribution in [2.45, 2.75) is 32.4 Å². The standard InChI is InChI=1S/C23H23NO5/c1-15(23(27)18-8-10-19(28-3)11-9-18)29-22(26)14-21-20-7-5-4-6-17(20)12-13-24(21)16(2)25/h4-13,15,21H,14H2,1-3H3/t15-,21+/m0/s1. The molecule has 0 aliphatic carbocycles. The van der Waals surface area contributed by atoms with Gasteiger partial charge in [-0.05, 0) is 48.4 Å². The first-order valence-electron chi connectivity index (χ1n) is 9.34. The second-order valence-electron chi connectivity index (χ2n) is 6.82. The molecule has 0 saturated carbocycles. The first kappa shape index (κ1) is 20.3. The van der Waals surface area contributed by atoms with Gasteiger partial charge in [0.2, 0.25) is 11.7 Å². The van der Waals surface area contributed by atoms with Gasteiger partial charge in [-0.3, -0.25) is 14.4 Å². The summed E-state index contributed by atoms with van der Waals surface area (Å²) in [4.78, 5) is 38.7. The summed E-state index contributed by atoms with van der Waals surface area (Å²) in [6, 6.07) is 13.7. The predicted molar refractivity (Wildman–Crippen MR) is 108 cm³/mol. The van der Waals surface area contributed by atoms with Crippen LogP contribution in [0.5, 0.6) is 5.75 Å². The maximum atomic E-state index is 12.6. The summed E-state index contributed by atoms with van der Waals surface area (Å²) < 4.78 is 10.5. The van der Waals surface area contributed by atoms with Crippen LogP contribution in [0.4, 0.5) is 0 Å². The minimum atomic E-state index is -0.934. The molecule has 0 N–H and O–H groups in total. The number of fused-ring (bicyclic) bond motifs is 1. The van der Waals surface area contributed by atoms with E-state index >= 15 is 0 Å². The molecule has 1 amide bonds. The number of hydrogen-bond acceptors (Lipinski definition) is 5. The van der Waals surface area contributed by atoms with Crippen LogP contribution in [0.2, 0.25) is 0 Å². The van der Waals surface area contributed by atoms with Gasteiger partial charge in [0.25, 0.3) is 0 Å². The van der Waals surface area contributed by atoms with Gasteiger partial charge in [-0.15, -0.1) is 0 Å². The molecule has 6 nitrogen and oxygen atoms in total. The fraction of sp³-hybridized carbons (Fsp3) is 0.261. The van der Waals surface area contributed by atoms with Gasteiger partial charge in [-0.2, -0.15) is 0 Å². The molecule has 3 rings (SSSR count). The molecule has 6 heteroatoms. The van der Waals surface area contributed by atoms with Gasteiger partial charge < -0.3 is 14.4 Å². The SMILES string of the molecule is COc1ccc(C(=O)[C@H](C)OC(=O)C[C@@H]2c3ccccc3C=CN2C(C)=O)cc1. The van der Waals surface area contributed by atoms with Crippen LogP contribution in [0.1, 0.15) is 47.8 Å². The number of amides is 1. The normalized spacial score (nSPS) is 16.0. The Morgan fingerprint density at radius 3 is 2.41 bits per heavy atom. The third kappa shape index (κ3) is 4.54. The Morgan fingerprint density at radius 1 is 1.07 bits per heavy atom. The molecule has 0 spiro atoms. The van der Waals surface area contributed by atoms with Gasteiger partial charge in [0, 0.05) is 18.7 Å². The highest BCUT2D eigenvalue weighted by Gasteiger charge is 2.30. The number of benzene rings is 2. The lowest BCUT2D eigenvalue weighted by Gasteiger charge is -2.32. The predicted octanol–water partition coefficient (Wildman–Crippen LogP) is 3.77. The van der Waals surface area contributed by atoms with E-state index in [-0.39, 0.29) is 18.1 Å². The Kier molecular flexibility index (Phi) is 6.12. The van der Waals surface area contributed by atoms with Gasteiger partial charge in [0.1, 0.15) is 5.75 Å². The average Bonchev–Trinajstić information content (AvgIpc) is 2.73. The lowest BCUT2D eigenvalue weighted by Crippen LogP contribution is -2.33. The quantitative estimate of drug-likeness (QED) is 0.552. The third-order valence-electron chi connectivity index (χ3n) is 4.88. The molecule has 0 saturated heterocycles. The van der Waals surface area contributed by atoms with Gasteiger partial charge in [-0.25, -0.2) is 0 Å². The van der Waals surface area contributed by atoms with Gasteiger partial charge in [-0.1, -0.05) is 24.3 Å². The molecule has 150 valence electrons. The number of Topliss-reactive ketones (excluding diaryl/α,β-unsaturated/α-hetero) is 1. The van der Waals surface area contributed by atoms with Crippen molar-refractivity contribution in [1.29, 1.82) is 0 Å². The fourth-order valence-corrected chi connectivity index (χ4v) is 3.36. The Morgan fingerprint density at radius 2 is 1.76 bits per heavy atom. The van der Waals surface area contributed by atoms with Crippen LogP contribution in [-0.2, 0) is 14.3 Å². The Labute approximate surface area is 169 Å². The summed E-state index contributed by atoms with van der Waals surface area (Å²) in [5, 5.41) is 0. The molecule has 1 heterocycles. The van der Waals surface area contributed by atoms with E-state index in [4.69, 9.17) is 9.47 Å². The van der Waals surface area contributed by atoms with E-state index in [2.05, 4.69) is 0 Å². The third-order valence-corrected chi connectivity index (χ3v) is 4.88. The van der Waals surface area contributed by atoms with Crippen molar-refractivity contribution in [3.8, 4) is 5.75 Å². The van der Waals surface area contributed by atoms with E-state index in [0.29, 0.717) is 11.3 Å². The molecule has 0 unspecified atom stereocenters. The van der Waals surface area contributed by atoms with Crippen molar-refractivity contribution >= 4 is 23.7 Å². The fourth-order valence-electron chi connectivity index (χ4n) is 3.36. The molecule has 2 aromatic carbocycles. The van der Waals surface area contributed by atoms with Crippen LogP contribution < -0.4 is 4.74 Å². The van der Waals surface area contributed by atoms with Crippen LogP contribution in [-0.4, -0.2) is 35.8 Å². The molecular formula is C23H23NO5. The molecule has 2 atom stereocenters. The summed E-state index contributed by atoms with van der Waals surface area (Å²) in [5.41, 5.74) is 2.25. The number of carbonyl (C=O) groups is 3. The zero-order valence-electron chi connectivity index (χ0n) is 16.6. The Bertz CT molecular complexity index is 948. The minimum absolute atomic E-state index is 0.0405. The zero-order chi connectivity index (χ0) is 21.0. The van der Waals surface area contributed by atoms with E-state index < -0.39 is 18.1 Å². The van der Waals surface area contributed by atoms with Crippen LogP contribution in [0.3, 0.4) is 0 Å². The van der Waals surface area contributed by atoms with Crippen LogP contribution in [0.25, 0.3) is 6.08 Å². The number of hydrogen-bond donors (Lipinski definition) is 0. The molecule has 0 aromatic heterocycles. The minimum Gasteiger partial charge on any atom is -0.497 e. The van der Waals surface area contributed by atoms with E-state index in [1.54, 1.807) is 44.5 Å². The van der Waals surface area contributed by atoms with Crippen molar-refractivity contribution in [3.63, 3.8) is 0 Å². The van der Waals surface area contributed by atoms with Crippen LogP contribution in [0, 0.1) is 0 Å². The largest absolute Gasteiger partial charge is 0.497 e. The maximum Gasteiger partial charge on any atom is 0.308 e. The first-order chi connectivity index (χ1) is 13.9. The molecule has 0 radical (unpaired) electrons. The molecular weight excluding hydrogens is 370 g/mol. The average molecular weight is 393 g/mol. The highest BCUT2D eigenvalue weighted by molar-refractivity contribution is 6.00. The van der Waals surface area contributed by atoms with Crippen molar-refractivity contribution in [2.24, 2.45) is 0 Å². The second kappa shape index (κ2) is 8.73. The summed E-state index contributed by atoms with van der Waals surface area (Å²) in [6.45, 7) is 2.99. The molecule has 1 aliphatic rings. The highest BCUT2D eigenvalue weighted by Crippen LogP contribution is 2.33. The van der Waals surface area contributed by atoms with Gasteiger partial charge >= 0.3 is 5.97 Å². The highest BCUT2D eigenvalue weighted by atomic mass is 16.5. The van der Waals surface area contributed by atoms with E-state index in [1.807, 2.05) is 30.3 Å². The summed E-state index contributed by atoms with van der Waals surface area (Å²) in [5.74, 6) is -0.371. The molecule has 2 aromatic rings. The zero-order valence-corrected chi connectivity index (χ0v) is 16.6. The number of methoxy groups -OCH3 is 1. The Hall–Kier alpha value is -3.41. The number of ether oxygens (including phenoxy) is 2. The van der Waals surface area contributed by atoms with E-state index in [1.165, 1.54) is 11.8 Å². The van der Waals surface area contributed by atoms with Crippen molar-refractivity contribution in [3.05, 3.63) is 71.4 Å². The van der Waals surface area contributed by atoms with Crippen LogP contribution in [0.15, 0.2) is 54.7 Å². The van der Waals surface area contributed by atoms with Crippen LogP contribution >= 0.6 is 0 Å². The van der Waals surface area contributed by atoms with Crippen molar-refractivity contribution < 1.29 is 23.9 Å². The smallest absolute Gasteiger partial charge is 0.308 e. The first-order valence-corrected chi connectivity index (χ1v) is 9.34. The van der Waals surface area contributed by atoms with E-state index in [9.17, 15) is 14.4 Å². The van der Waals surface area contributed by atoms with Gasteiger partial charge in [0.05, 0.1) is 19.6 Å². The molecule has 1 aliphatic heterocycles. The number of ketones is 1. The lowest BCUT2D eigenvalue weighted by atomic mass is 9.94. The monoisotopic (exact) mass is 393 g/mol. The lowest BCUT2D eigenvalue weighted by molar-refractivity contribution is -0.148. The number of carbonyl (C=O) groups excluding carboxylic acids is 3. The number of rotatable bonds is 6. The Balaban J connectivity index is 1.70. The molecule has 0 fully saturated rings. The number of esters is 1. The number of nitrogens with zero attached hydrogens (tertiary/aromatic N) is 1. The molecule has 0 bridgehead atoms. The van der Waals surface area contributed by atoms with Crippen molar-refractivity contribution in [1.82, 2.24) is 4.90 Å². The summed E-state index contributed by atoms with van der Waals surface area (Å²) in [6.07, 6.45) is 2.54.